The predicted octanol–water partition coefficient (Wildman–Crippen LogP) is 5.02. The number of aromatic nitrogens is 1. The summed E-state index contributed by atoms with van der Waals surface area (Å²) in [6.07, 6.45) is 1.69. The SMILES string of the molecule is CN=c1scc(-c2ccc(-c3ccccc3)cc2)n1N=Cc1cc(OC)c(O)c(OC)c1. The van der Waals surface area contributed by atoms with E-state index in [-0.39, 0.29) is 5.75 Å². The lowest BCUT2D eigenvalue weighted by molar-refractivity contribution is 0.340. The second-order valence-electron chi connectivity index (χ2n) is 6.90. The summed E-state index contributed by atoms with van der Waals surface area (Å²) in [6, 6.07) is 22.1. The summed E-state index contributed by atoms with van der Waals surface area (Å²) in [7, 11) is 4.73. The number of hydrogen-bond acceptors (Lipinski definition) is 6. The van der Waals surface area contributed by atoms with Crippen LogP contribution in [-0.2, 0) is 0 Å². The van der Waals surface area contributed by atoms with Crippen molar-refractivity contribution < 1.29 is 14.6 Å². The van der Waals surface area contributed by atoms with Crippen LogP contribution in [-0.4, -0.2) is 37.3 Å². The van der Waals surface area contributed by atoms with Crippen LogP contribution in [0.3, 0.4) is 0 Å². The molecule has 0 saturated heterocycles. The van der Waals surface area contributed by atoms with E-state index in [1.807, 2.05) is 23.6 Å². The van der Waals surface area contributed by atoms with E-state index in [1.54, 1.807) is 30.1 Å². The Bertz CT molecular complexity index is 1280. The number of rotatable bonds is 6. The van der Waals surface area contributed by atoms with Gasteiger partial charge in [0.1, 0.15) is 0 Å². The van der Waals surface area contributed by atoms with Crippen LogP contribution in [0.15, 0.2) is 82.2 Å². The van der Waals surface area contributed by atoms with E-state index in [9.17, 15) is 5.11 Å². The molecule has 0 atom stereocenters. The fourth-order valence-electron chi connectivity index (χ4n) is 3.34. The molecule has 0 aliphatic carbocycles. The van der Waals surface area contributed by atoms with Gasteiger partial charge in [-0.15, -0.1) is 11.3 Å². The van der Waals surface area contributed by atoms with Gasteiger partial charge in [0.05, 0.1) is 26.1 Å². The lowest BCUT2D eigenvalue weighted by Gasteiger charge is -2.09. The van der Waals surface area contributed by atoms with Crippen molar-refractivity contribution in [3.63, 3.8) is 0 Å². The maximum atomic E-state index is 10.1. The number of phenols is 1. The minimum Gasteiger partial charge on any atom is -0.502 e. The van der Waals surface area contributed by atoms with Gasteiger partial charge in [0, 0.05) is 23.6 Å². The van der Waals surface area contributed by atoms with Gasteiger partial charge in [-0.05, 0) is 23.3 Å². The molecule has 0 bridgehead atoms. The summed E-state index contributed by atoms with van der Waals surface area (Å²) in [5.41, 5.74) is 5.03. The highest BCUT2D eigenvalue weighted by Gasteiger charge is 2.11. The highest BCUT2D eigenvalue weighted by molar-refractivity contribution is 7.07. The predicted molar refractivity (Wildman–Crippen MR) is 129 cm³/mol. The zero-order chi connectivity index (χ0) is 22.5. The van der Waals surface area contributed by atoms with Gasteiger partial charge < -0.3 is 14.6 Å². The molecule has 0 saturated carbocycles. The van der Waals surface area contributed by atoms with Gasteiger partial charge >= 0.3 is 0 Å². The molecule has 4 rings (SSSR count). The smallest absolute Gasteiger partial charge is 0.205 e. The Kier molecular flexibility index (Phi) is 6.37. The van der Waals surface area contributed by atoms with Gasteiger partial charge in [-0.2, -0.15) is 5.10 Å². The standard InChI is InChI=1S/C25H23N3O3S/c1-26-25-28(27-15-17-13-22(30-2)24(29)23(14-17)31-3)21(16-32-25)20-11-9-19(10-12-20)18-7-5-4-6-8-18/h4-16,29H,1-3H3. The van der Waals surface area contributed by atoms with Crippen LogP contribution in [0.2, 0.25) is 0 Å². The third kappa shape index (κ3) is 4.29. The first-order valence-corrected chi connectivity index (χ1v) is 10.8. The third-order valence-corrected chi connectivity index (χ3v) is 5.90. The van der Waals surface area contributed by atoms with Crippen molar-refractivity contribution in [3.05, 3.63) is 82.5 Å². The van der Waals surface area contributed by atoms with E-state index in [1.165, 1.54) is 31.1 Å². The molecule has 1 heterocycles. The summed E-state index contributed by atoms with van der Waals surface area (Å²) in [6.45, 7) is 0. The number of nitrogens with zero attached hydrogens (tertiary/aromatic N) is 3. The lowest BCUT2D eigenvalue weighted by atomic mass is 10.0. The summed E-state index contributed by atoms with van der Waals surface area (Å²) in [4.78, 5) is 5.12. The van der Waals surface area contributed by atoms with Crippen LogP contribution in [0, 0.1) is 0 Å². The molecule has 0 aliphatic rings. The molecule has 162 valence electrons. The molecule has 0 amide bonds. The van der Waals surface area contributed by atoms with Gasteiger partial charge in [0.2, 0.25) is 10.6 Å². The Morgan fingerprint density at radius 1 is 0.875 bits per heavy atom. The molecular formula is C25H23N3O3S. The molecule has 0 unspecified atom stereocenters. The summed E-state index contributed by atoms with van der Waals surface area (Å²) >= 11 is 1.52. The van der Waals surface area contributed by atoms with E-state index in [4.69, 9.17) is 9.47 Å². The van der Waals surface area contributed by atoms with Crippen molar-refractivity contribution >= 4 is 17.6 Å². The second kappa shape index (κ2) is 9.53. The first-order chi connectivity index (χ1) is 15.6. The van der Waals surface area contributed by atoms with Gasteiger partial charge in [0.15, 0.2) is 11.5 Å². The highest BCUT2D eigenvalue weighted by atomic mass is 32.1. The van der Waals surface area contributed by atoms with Crippen molar-refractivity contribution in [2.24, 2.45) is 10.1 Å². The van der Waals surface area contributed by atoms with Gasteiger partial charge in [-0.25, -0.2) is 4.68 Å². The first kappa shape index (κ1) is 21.4. The minimum absolute atomic E-state index is 0.0428. The average Bonchev–Trinajstić information content (AvgIpc) is 3.27. The minimum atomic E-state index is -0.0428. The van der Waals surface area contributed by atoms with Gasteiger partial charge in [-0.1, -0.05) is 54.6 Å². The zero-order valence-corrected chi connectivity index (χ0v) is 18.8. The molecule has 0 fully saturated rings. The molecule has 0 radical (unpaired) electrons. The third-order valence-electron chi connectivity index (χ3n) is 4.99. The molecule has 1 aromatic heterocycles. The number of benzene rings is 3. The van der Waals surface area contributed by atoms with E-state index >= 15 is 0 Å². The largest absolute Gasteiger partial charge is 0.502 e. The van der Waals surface area contributed by atoms with E-state index in [0.717, 1.165) is 27.2 Å². The van der Waals surface area contributed by atoms with Crippen molar-refractivity contribution in [3.8, 4) is 39.6 Å². The summed E-state index contributed by atoms with van der Waals surface area (Å²) in [5, 5.41) is 16.8. The number of ether oxygens (including phenoxy) is 2. The van der Waals surface area contributed by atoms with Crippen LogP contribution in [0.4, 0.5) is 0 Å². The Morgan fingerprint density at radius 2 is 1.47 bits per heavy atom. The van der Waals surface area contributed by atoms with Crippen LogP contribution < -0.4 is 14.3 Å². The van der Waals surface area contributed by atoms with Crippen LogP contribution >= 0.6 is 11.3 Å². The summed E-state index contributed by atoms with van der Waals surface area (Å²) in [5.74, 6) is 0.593. The molecule has 1 N–H and O–H groups in total. The molecule has 6 nitrogen and oxygen atoms in total. The first-order valence-electron chi connectivity index (χ1n) is 9.93. The maximum Gasteiger partial charge on any atom is 0.205 e. The lowest BCUT2D eigenvalue weighted by Crippen LogP contribution is -2.11. The Labute approximate surface area is 190 Å². The van der Waals surface area contributed by atoms with Crippen molar-refractivity contribution in [1.82, 2.24) is 4.68 Å². The van der Waals surface area contributed by atoms with E-state index in [0.29, 0.717) is 11.5 Å². The van der Waals surface area contributed by atoms with Crippen molar-refractivity contribution in [1.29, 1.82) is 0 Å². The molecule has 32 heavy (non-hydrogen) atoms. The summed E-state index contributed by atoms with van der Waals surface area (Å²) < 4.78 is 12.3. The number of hydrogen-bond donors (Lipinski definition) is 1. The molecule has 0 aliphatic heterocycles. The normalized spacial score (nSPS) is 11.8. The zero-order valence-electron chi connectivity index (χ0n) is 18.0. The van der Waals surface area contributed by atoms with Crippen LogP contribution in [0.1, 0.15) is 5.56 Å². The molecule has 3 aromatic carbocycles. The second-order valence-corrected chi connectivity index (χ2v) is 7.74. The Morgan fingerprint density at radius 3 is 2.06 bits per heavy atom. The van der Waals surface area contributed by atoms with Crippen molar-refractivity contribution in [2.75, 3.05) is 21.3 Å². The Hall–Kier alpha value is -3.84. The number of methoxy groups -OCH3 is 2. The van der Waals surface area contributed by atoms with Crippen LogP contribution in [0.5, 0.6) is 17.2 Å². The Balaban J connectivity index is 1.71. The van der Waals surface area contributed by atoms with Crippen LogP contribution in [0.25, 0.3) is 22.4 Å². The van der Waals surface area contributed by atoms with E-state index in [2.05, 4.69) is 46.5 Å². The number of thiazole rings is 1. The number of aromatic hydroxyl groups is 1. The molecule has 0 spiro atoms. The van der Waals surface area contributed by atoms with E-state index < -0.39 is 0 Å². The van der Waals surface area contributed by atoms with Gasteiger partial charge in [0.25, 0.3) is 0 Å². The maximum absolute atomic E-state index is 10.1. The number of phenolic OH excluding ortho intramolecular Hbond substituents is 1. The molecular weight excluding hydrogens is 422 g/mol. The fraction of sp³-hybridized carbons (Fsp3) is 0.120. The fourth-order valence-corrected chi connectivity index (χ4v) is 4.14. The van der Waals surface area contributed by atoms with Crippen molar-refractivity contribution in [2.45, 2.75) is 0 Å². The monoisotopic (exact) mass is 445 g/mol. The quantitative estimate of drug-likeness (QED) is 0.424. The molecule has 7 heteroatoms. The molecule has 4 aromatic rings. The highest BCUT2D eigenvalue weighted by Crippen LogP contribution is 2.36. The average molecular weight is 446 g/mol. The van der Waals surface area contributed by atoms with Gasteiger partial charge in [-0.3, -0.25) is 4.99 Å². The topological polar surface area (TPSA) is 68.3 Å².